The standard InChI is InChI=1S/C23H27N3O5/c27-23(19-4-2-1-3-5-19)22(25-12-16-31-17-13-25)21(24-10-14-30-15-11-24)18-6-8-20(9-7-18)26(28)29/h1-9,21-22H,10-17H2. The van der Waals surface area contributed by atoms with Crippen molar-refractivity contribution < 1.29 is 19.2 Å². The van der Waals surface area contributed by atoms with Gasteiger partial charge in [0.1, 0.15) is 0 Å². The van der Waals surface area contributed by atoms with Crippen molar-refractivity contribution in [1.82, 2.24) is 9.80 Å². The Balaban J connectivity index is 1.76. The predicted octanol–water partition coefficient (Wildman–Crippen LogP) is 2.55. The number of ether oxygens (including phenoxy) is 2. The molecule has 0 saturated carbocycles. The number of nitrogens with zero attached hydrogens (tertiary/aromatic N) is 3. The number of hydrogen-bond acceptors (Lipinski definition) is 7. The number of carbonyl (C=O) groups is 1. The zero-order chi connectivity index (χ0) is 21.6. The number of nitro benzene ring substituents is 1. The average molecular weight is 425 g/mol. The summed E-state index contributed by atoms with van der Waals surface area (Å²) in [4.78, 5) is 29.1. The summed E-state index contributed by atoms with van der Waals surface area (Å²) in [7, 11) is 0. The maximum atomic E-state index is 13.8. The molecule has 2 aromatic rings. The molecule has 2 unspecified atom stereocenters. The third-order valence-corrected chi connectivity index (χ3v) is 5.95. The molecule has 164 valence electrons. The molecule has 2 fully saturated rings. The third kappa shape index (κ3) is 4.99. The number of benzene rings is 2. The molecule has 2 aliphatic rings. The van der Waals surface area contributed by atoms with Crippen LogP contribution in [0.25, 0.3) is 0 Å². The van der Waals surface area contributed by atoms with Crippen LogP contribution in [0.3, 0.4) is 0 Å². The summed E-state index contributed by atoms with van der Waals surface area (Å²) in [5.74, 6) is 0.0531. The van der Waals surface area contributed by atoms with Gasteiger partial charge in [-0.25, -0.2) is 0 Å². The van der Waals surface area contributed by atoms with Gasteiger partial charge >= 0.3 is 0 Å². The van der Waals surface area contributed by atoms with Gasteiger partial charge in [-0.1, -0.05) is 42.5 Å². The first-order valence-electron chi connectivity index (χ1n) is 10.6. The Bertz CT molecular complexity index is 878. The van der Waals surface area contributed by atoms with Gasteiger partial charge in [-0.2, -0.15) is 0 Å². The topological polar surface area (TPSA) is 85.1 Å². The van der Waals surface area contributed by atoms with Gasteiger partial charge in [-0.05, 0) is 5.56 Å². The number of carbonyl (C=O) groups excluding carboxylic acids is 1. The minimum Gasteiger partial charge on any atom is -0.379 e. The van der Waals surface area contributed by atoms with Crippen molar-refractivity contribution in [3.63, 3.8) is 0 Å². The number of ketones is 1. The smallest absolute Gasteiger partial charge is 0.269 e. The second-order valence-electron chi connectivity index (χ2n) is 7.77. The molecule has 0 amide bonds. The van der Waals surface area contributed by atoms with Crippen molar-refractivity contribution in [1.29, 1.82) is 0 Å². The van der Waals surface area contributed by atoms with E-state index >= 15 is 0 Å². The van der Waals surface area contributed by atoms with Crippen LogP contribution in [-0.4, -0.2) is 79.2 Å². The number of rotatable bonds is 7. The molecule has 0 aromatic heterocycles. The number of Topliss-reactive ketones (excluding diaryl/α,β-unsaturated/α-hetero) is 1. The van der Waals surface area contributed by atoms with Crippen LogP contribution in [0.5, 0.6) is 0 Å². The molecule has 0 spiro atoms. The molecule has 0 N–H and O–H groups in total. The molecule has 0 radical (unpaired) electrons. The van der Waals surface area contributed by atoms with Crippen LogP contribution < -0.4 is 0 Å². The van der Waals surface area contributed by atoms with Crippen LogP contribution in [0.15, 0.2) is 54.6 Å². The van der Waals surface area contributed by atoms with E-state index in [1.807, 2.05) is 30.3 Å². The Hall–Kier alpha value is -2.65. The first-order chi connectivity index (χ1) is 15.1. The van der Waals surface area contributed by atoms with Crippen molar-refractivity contribution in [2.24, 2.45) is 0 Å². The molecule has 0 bridgehead atoms. The average Bonchev–Trinajstić information content (AvgIpc) is 2.84. The monoisotopic (exact) mass is 425 g/mol. The summed E-state index contributed by atoms with van der Waals surface area (Å²) in [6.07, 6.45) is 0. The van der Waals surface area contributed by atoms with E-state index < -0.39 is 11.0 Å². The highest BCUT2D eigenvalue weighted by molar-refractivity contribution is 6.00. The van der Waals surface area contributed by atoms with E-state index in [0.29, 0.717) is 58.2 Å². The molecular weight excluding hydrogens is 398 g/mol. The molecule has 2 aromatic carbocycles. The van der Waals surface area contributed by atoms with Gasteiger partial charge in [-0.3, -0.25) is 24.7 Å². The molecule has 0 aliphatic carbocycles. The maximum Gasteiger partial charge on any atom is 0.269 e. The lowest BCUT2D eigenvalue weighted by molar-refractivity contribution is -0.384. The van der Waals surface area contributed by atoms with Gasteiger partial charge in [-0.15, -0.1) is 0 Å². The van der Waals surface area contributed by atoms with Gasteiger partial charge < -0.3 is 9.47 Å². The van der Waals surface area contributed by atoms with Gasteiger partial charge in [0, 0.05) is 43.9 Å². The molecule has 31 heavy (non-hydrogen) atoms. The fourth-order valence-corrected chi connectivity index (χ4v) is 4.38. The lowest BCUT2D eigenvalue weighted by Gasteiger charge is -2.44. The van der Waals surface area contributed by atoms with Crippen LogP contribution in [0.4, 0.5) is 5.69 Å². The van der Waals surface area contributed by atoms with Crippen molar-refractivity contribution >= 4 is 11.5 Å². The number of morpholine rings is 2. The highest BCUT2D eigenvalue weighted by atomic mass is 16.6. The van der Waals surface area contributed by atoms with E-state index in [1.54, 1.807) is 12.1 Å². The molecular formula is C23H27N3O5. The Kier molecular flexibility index (Phi) is 7.03. The fraction of sp³-hybridized carbons (Fsp3) is 0.435. The minimum atomic E-state index is -0.425. The maximum absolute atomic E-state index is 13.8. The summed E-state index contributed by atoms with van der Waals surface area (Å²) in [6, 6.07) is 15.3. The number of nitro groups is 1. The van der Waals surface area contributed by atoms with E-state index in [1.165, 1.54) is 12.1 Å². The van der Waals surface area contributed by atoms with Crippen LogP contribution >= 0.6 is 0 Å². The highest BCUT2D eigenvalue weighted by Gasteiger charge is 2.39. The predicted molar refractivity (Wildman–Crippen MR) is 115 cm³/mol. The number of non-ortho nitro benzene ring substituents is 1. The van der Waals surface area contributed by atoms with Gasteiger partial charge in [0.25, 0.3) is 5.69 Å². The largest absolute Gasteiger partial charge is 0.379 e. The van der Waals surface area contributed by atoms with Gasteiger partial charge in [0.2, 0.25) is 0 Å². The van der Waals surface area contributed by atoms with Crippen molar-refractivity contribution in [2.45, 2.75) is 12.1 Å². The second kappa shape index (κ2) is 10.1. The first-order valence-corrected chi connectivity index (χ1v) is 10.6. The summed E-state index contributed by atoms with van der Waals surface area (Å²) in [6.45, 7) is 5.07. The van der Waals surface area contributed by atoms with E-state index in [0.717, 1.165) is 5.56 Å². The molecule has 2 heterocycles. The van der Waals surface area contributed by atoms with Crippen LogP contribution in [0.1, 0.15) is 22.0 Å². The van der Waals surface area contributed by atoms with Gasteiger partial charge in [0.05, 0.1) is 43.4 Å². The third-order valence-electron chi connectivity index (χ3n) is 5.95. The van der Waals surface area contributed by atoms with Crippen LogP contribution in [0.2, 0.25) is 0 Å². The van der Waals surface area contributed by atoms with Gasteiger partial charge in [0.15, 0.2) is 5.78 Å². The molecule has 2 saturated heterocycles. The van der Waals surface area contributed by atoms with E-state index in [9.17, 15) is 14.9 Å². The number of hydrogen-bond donors (Lipinski definition) is 0. The first kappa shape index (κ1) is 21.6. The Labute approximate surface area is 181 Å². The van der Waals surface area contributed by atoms with Crippen molar-refractivity contribution in [2.75, 3.05) is 52.6 Å². The molecule has 2 atom stereocenters. The zero-order valence-corrected chi connectivity index (χ0v) is 17.4. The highest BCUT2D eigenvalue weighted by Crippen LogP contribution is 2.32. The molecule has 2 aliphatic heterocycles. The summed E-state index contributed by atoms with van der Waals surface area (Å²) in [5, 5.41) is 11.2. The summed E-state index contributed by atoms with van der Waals surface area (Å²) < 4.78 is 11.1. The quantitative estimate of drug-likeness (QED) is 0.383. The Morgan fingerprint density at radius 3 is 1.94 bits per heavy atom. The fourth-order valence-electron chi connectivity index (χ4n) is 4.38. The molecule has 8 nitrogen and oxygen atoms in total. The van der Waals surface area contributed by atoms with E-state index in [2.05, 4.69) is 9.80 Å². The summed E-state index contributed by atoms with van der Waals surface area (Å²) >= 11 is 0. The van der Waals surface area contributed by atoms with E-state index in [4.69, 9.17) is 9.47 Å². The van der Waals surface area contributed by atoms with E-state index in [-0.39, 0.29) is 17.5 Å². The summed E-state index contributed by atoms with van der Waals surface area (Å²) in [5.41, 5.74) is 1.61. The minimum absolute atomic E-state index is 0.0433. The van der Waals surface area contributed by atoms with Crippen molar-refractivity contribution in [3.8, 4) is 0 Å². The lowest BCUT2D eigenvalue weighted by Crippen LogP contribution is -2.55. The molecule has 4 rings (SSSR count). The zero-order valence-electron chi connectivity index (χ0n) is 17.4. The molecule has 8 heteroatoms. The van der Waals surface area contributed by atoms with Crippen LogP contribution in [0, 0.1) is 10.1 Å². The van der Waals surface area contributed by atoms with Crippen LogP contribution in [-0.2, 0) is 9.47 Å². The Morgan fingerprint density at radius 2 is 1.39 bits per heavy atom. The normalized spacial score (nSPS) is 20.1. The Morgan fingerprint density at radius 1 is 0.839 bits per heavy atom. The lowest BCUT2D eigenvalue weighted by atomic mass is 9.89. The van der Waals surface area contributed by atoms with Crippen molar-refractivity contribution in [3.05, 3.63) is 75.8 Å². The SMILES string of the molecule is O=C(c1ccccc1)C(C(c1ccc([N+](=O)[O-])cc1)N1CCOCC1)N1CCOCC1. The second-order valence-corrected chi connectivity index (χ2v) is 7.77.